The monoisotopic (exact) mass is 706 g/mol. The summed E-state index contributed by atoms with van der Waals surface area (Å²) in [7, 11) is -8.28. The summed E-state index contributed by atoms with van der Waals surface area (Å²) in [6, 6.07) is 8.42. The minimum atomic E-state index is -4.40. The number of amides is 2. The number of fused-ring (bicyclic) bond motifs is 1. The minimum absolute atomic E-state index is 0.0917. The average Bonchev–Trinajstić information content (AvgIpc) is 3.74. The topological polar surface area (TPSA) is 124 Å². The maximum atomic E-state index is 14.2. The van der Waals surface area contributed by atoms with Crippen LogP contribution in [0.2, 0.25) is 10.0 Å². The Hall–Kier alpha value is -1.74. The van der Waals surface area contributed by atoms with Crippen molar-refractivity contribution in [1.82, 2.24) is 18.8 Å². The van der Waals surface area contributed by atoms with Crippen molar-refractivity contribution in [3.8, 4) is 0 Å². The van der Waals surface area contributed by atoms with Gasteiger partial charge in [-0.2, -0.15) is 4.31 Å². The Bertz CT molecular complexity index is 1590. The number of rotatable bonds is 8. The number of carbonyl (C=O) groups excluding carboxylic acids is 2. The molecule has 0 radical (unpaired) electrons. The Balaban J connectivity index is 1.62. The molecule has 10 nitrogen and oxygen atoms in total. The van der Waals surface area contributed by atoms with E-state index in [9.17, 15) is 26.4 Å². The Morgan fingerprint density at radius 3 is 2.22 bits per heavy atom. The van der Waals surface area contributed by atoms with E-state index in [0.29, 0.717) is 12.8 Å². The van der Waals surface area contributed by atoms with Gasteiger partial charge in [0.05, 0.1) is 16.8 Å². The van der Waals surface area contributed by atoms with Gasteiger partial charge in [0.2, 0.25) is 31.9 Å². The predicted molar refractivity (Wildman–Crippen MR) is 158 cm³/mol. The zero-order valence-electron chi connectivity index (χ0n) is 22.2. The molecule has 2 saturated heterocycles. The van der Waals surface area contributed by atoms with Crippen LogP contribution in [0.1, 0.15) is 32.3 Å². The fourth-order valence-electron chi connectivity index (χ4n) is 5.29. The second-order valence-electron chi connectivity index (χ2n) is 10.7. The molecule has 41 heavy (non-hydrogen) atoms. The van der Waals surface area contributed by atoms with Gasteiger partial charge in [0.25, 0.3) is 0 Å². The van der Waals surface area contributed by atoms with Gasteiger partial charge in [0.1, 0.15) is 23.1 Å². The maximum absolute atomic E-state index is 14.2. The third-order valence-corrected chi connectivity index (χ3v) is 12.6. The second kappa shape index (κ2) is 11.4. The van der Waals surface area contributed by atoms with Gasteiger partial charge in [-0.15, -0.1) is 0 Å². The number of hydrogen-bond donors (Lipinski definition) is 1. The fourth-order valence-corrected chi connectivity index (χ4v) is 9.40. The lowest BCUT2D eigenvalue weighted by molar-refractivity contribution is -0.168. The molecule has 2 aliphatic heterocycles. The maximum Gasteiger partial charge on any atom is 0.246 e. The molecule has 1 saturated carbocycles. The molecule has 2 amide bonds. The lowest BCUT2D eigenvalue weighted by Crippen LogP contribution is -2.76. The van der Waals surface area contributed by atoms with Crippen LogP contribution in [0, 0.1) is 0 Å². The number of benzene rings is 2. The van der Waals surface area contributed by atoms with Crippen molar-refractivity contribution in [2.24, 2.45) is 0 Å². The van der Waals surface area contributed by atoms with Crippen molar-refractivity contribution < 1.29 is 26.4 Å². The average molecular weight is 708 g/mol. The highest BCUT2D eigenvalue weighted by Crippen LogP contribution is 2.36. The number of carbonyl (C=O) groups is 2. The van der Waals surface area contributed by atoms with Crippen molar-refractivity contribution in [1.29, 1.82) is 0 Å². The van der Waals surface area contributed by atoms with Crippen molar-refractivity contribution in [2.75, 3.05) is 13.1 Å². The Kier molecular flexibility index (Phi) is 8.54. The number of nitrogens with zero attached hydrogens (tertiary/aromatic N) is 3. The van der Waals surface area contributed by atoms with Crippen LogP contribution < -0.4 is 4.72 Å². The van der Waals surface area contributed by atoms with Gasteiger partial charge in [-0.3, -0.25) is 9.59 Å². The van der Waals surface area contributed by atoms with Crippen LogP contribution in [-0.4, -0.2) is 85.4 Å². The van der Waals surface area contributed by atoms with Crippen LogP contribution in [0.3, 0.4) is 0 Å². The molecule has 0 bridgehead atoms. The van der Waals surface area contributed by atoms with E-state index in [2.05, 4.69) is 20.7 Å². The zero-order chi connectivity index (χ0) is 29.9. The number of hydrogen-bond acceptors (Lipinski definition) is 6. The highest BCUT2D eigenvalue weighted by molar-refractivity contribution is 9.10. The normalized spacial score (nSPS) is 24.2. The summed E-state index contributed by atoms with van der Waals surface area (Å²) in [5, 5.41) is -0.514. The molecule has 5 rings (SSSR count). The number of sulfonamides is 2. The van der Waals surface area contributed by atoms with Crippen molar-refractivity contribution in [2.45, 2.75) is 67.5 Å². The Morgan fingerprint density at radius 2 is 1.63 bits per heavy atom. The van der Waals surface area contributed by atoms with Gasteiger partial charge in [0, 0.05) is 28.5 Å². The summed E-state index contributed by atoms with van der Waals surface area (Å²) in [6.07, 6.45) is -0.0748. The molecule has 3 aliphatic rings. The molecular weight excluding hydrogens is 679 g/mol. The van der Waals surface area contributed by atoms with Gasteiger partial charge < -0.3 is 9.80 Å². The van der Waals surface area contributed by atoms with Crippen LogP contribution in [0.15, 0.2) is 51.8 Å². The lowest BCUT2D eigenvalue weighted by Gasteiger charge is -2.54. The van der Waals surface area contributed by atoms with E-state index < -0.39 is 56.0 Å². The first-order valence-electron chi connectivity index (χ1n) is 13.1. The van der Waals surface area contributed by atoms with Crippen molar-refractivity contribution in [3.63, 3.8) is 0 Å². The van der Waals surface area contributed by atoms with Crippen LogP contribution in [0.25, 0.3) is 0 Å². The molecule has 2 heterocycles. The zero-order valence-corrected chi connectivity index (χ0v) is 26.9. The van der Waals surface area contributed by atoms with Gasteiger partial charge in [-0.05, 0) is 62.6 Å². The first-order chi connectivity index (χ1) is 19.2. The highest BCUT2D eigenvalue weighted by atomic mass is 79.9. The largest absolute Gasteiger partial charge is 0.335 e. The van der Waals surface area contributed by atoms with Gasteiger partial charge in [-0.1, -0.05) is 51.3 Å². The first-order valence-corrected chi connectivity index (χ1v) is 17.6. The minimum Gasteiger partial charge on any atom is -0.335 e. The smallest absolute Gasteiger partial charge is 0.246 e. The third kappa shape index (κ3) is 6.04. The predicted octanol–water partition coefficient (Wildman–Crippen LogP) is 3.23. The lowest BCUT2D eigenvalue weighted by atomic mass is 9.96. The van der Waals surface area contributed by atoms with Crippen LogP contribution in [-0.2, 0) is 36.1 Å². The number of nitrogens with one attached hydrogen (secondary N) is 1. The van der Waals surface area contributed by atoms with E-state index in [1.165, 1.54) is 23.1 Å². The Morgan fingerprint density at radius 1 is 0.976 bits per heavy atom. The van der Waals surface area contributed by atoms with Crippen molar-refractivity contribution >= 4 is 71.0 Å². The summed E-state index contributed by atoms with van der Waals surface area (Å²) in [4.78, 5) is 30.4. The molecule has 3 unspecified atom stereocenters. The van der Waals surface area contributed by atoms with Crippen molar-refractivity contribution in [3.05, 3.63) is 62.5 Å². The SMILES string of the molecule is CC(C)N1CC2N(C(=O)C(NS(=O)(=O)C3CC3)CN2S(=O)(=O)c2ccc(Cl)cc2Cl)C(Cc2ccc(Br)cc2)C1=O. The molecule has 3 atom stereocenters. The standard InChI is InChI=1S/C26H29BrCl2N4O6S2/c1-15(2)31-14-24-32(41(38,39)23-10-7-18(28)12-20(23)29)13-21(30-40(36,37)19-8-9-19)25(34)33(24)22(26(31)35)11-16-3-5-17(27)6-4-16/h3-7,10,12,15,19,21-22,24,30H,8-9,11,13-14H2,1-2H3. The molecular formula is C26H29BrCl2N4O6S2. The molecule has 15 heteroatoms. The fraction of sp³-hybridized carbons (Fsp3) is 0.462. The van der Waals surface area contributed by atoms with E-state index in [1.54, 1.807) is 4.90 Å². The van der Waals surface area contributed by atoms with Crippen LogP contribution in [0.4, 0.5) is 0 Å². The molecule has 1 aliphatic carbocycles. The molecule has 1 N–H and O–H groups in total. The molecule has 0 spiro atoms. The van der Waals surface area contributed by atoms with Crippen LogP contribution >= 0.6 is 39.1 Å². The van der Waals surface area contributed by atoms with E-state index >= 15 is 0 Å². The van der Waals surface area contributed by atoms with E-state index in [0.717, 1.165) is 14.3 Å². The summed E-state index contributed by atoms with van der Waals surface area (Å²) in [5.41, 5.74) is 0.750. The number of halogens is 3. The van der Waals surface area contributed by atoms with Gasteiger partial charge >= 0.3 is 0 Å². The number of piperazine rings is 1. The van der Waals surface area contributed by atoms with E-state index in [4.69, 9.17) is 23.2 Å². The first kappa shape index (κ1) is 30.7. The summed E-state index contributed by atoms with van der Waals surface area (Å²) in [5.74, 6) is -0.994. The summed E-state index contributed by atoms with van der Waals surface area (Å²) in [6.45, 7) is 3.08. The summed E-state index contributed by atoms with van der Waals surface area (Å²) >= 11 is 15.7. The Labute approximate surface area is 258 Å². The highest BCUT2D eigenvalue weighted by Gasteiger charge is 2.55. The third-order valence-electron chi connectivity index (χ3n) is 7.55. The van der Waals surface area contributed by atoms with E-state index in [-0.39, 0.29) is 39.9 Å². The molecule has 3 fully saturated rings. The molecule has 2 aromatic rings. The molecule has 0 aromatic heterocycles. The van der Waals surface area contributed by atoms with E-state index in [1.807, 2.05) is 38.1 Å². The summed E-state index contributed by atoms with van der Waals surface area (Å²) < 4.78 is 58.6. The van der Waals surface area contributed by atoms with Crippen LogP contribution in [0.5, 0.6) is 0 Å². The van der Waals surface area contributed by atoms with Gasteiger partial charge in [-0.25, -0.2) is 21.6 Å². The molecule has 222 valence electrons. The second-order valence-corrected chi connectivity index (χ2v) is 16.3. The molecule has 2 aromatic carbocycles. The quantitative estimate of drug-likeness (QED) is 0.450. The van der Waals surface area contributed by atoms with Gasteiger partial charge in [0.15, 0.2) is 0 Å².